The van der Waals surface area contributed by atoms with Crippen molar-refractivity contribution in [2.75, 3.05) is 0 Å². The number of aromatic nitrogens is 2. The van der Waals surface area contributed by atoms with Gasteiger partial charge in [-0.3, -0.25) is 4.79 Å². The van der Waals surface area contributed by atoms with E-state index in [2.05, 4.69) is 4.98 Å². The highest BCUT2D eigenvalue weighted by atomic mass is 16.4. The summed E-state index contributed by atoms with van der Waals surface area (Å²) in [6.07, 6.45) is 2.15. The highest BCUT2D eigenvalue weighted by Crippen LogP contribution is 2.26. The molecule has 4 aromatic rings. The molecular weight excluding hydrogens is 402 g/mol. The van der Waals surface area contributed by atoms with E-state index in [4.69, 9.17) is 0 Å². The molecular formula is C26H23N3O3. The van der Waals surface area contributed by atoms with Gasteiger partial charge in [-0.1, -0.05) is 72.8 Å². The van der Waals surface area contributed by atoms with Gasteiger partial charge in [-0.05, 0) is 21.9 Å². The number of fused-ring (bicyclic) bond motifs is 2. The Hall–Kier alpha value is -3.93. The third kappa shape index (κ3) is 3.75. The van der Waals surface area contributed by atoms with Crippen LogP contribution in [0.1, 0.15) is 22.5 Å². The Bertz CT molecular complexity index is 1290. The third-order valence-corrected chi connectivity index (χ3v) is 6.14. The maximum Gasteiger partial charge on any atom is 0.326 e. The number of hydrogen-bond acceptors (Lipinski definition) is 3. The molecule has 160 valence electrons. The molecule has 1 N–H and O–H groups in total. The van der Waals surface area contributed by atoms with Crippen LogP contribution in [-0.2, 0) is 35.5 Å². The summed E-state index contributed by atoms with van der Waals surface area (Å²) in [4.78, 5) is 31.4. The molecule has 5 rings (SSSR count). The molecule has 1 unspecified atom stereocenters. The van der Waals surface area contributed by atoms with E-state index in [1.807, 2.05) is 77.4 Å². The number of nitrogens with zero attached hydrogens (tertiary/aromatic N) is 3. The Morgan fingerprint density at radius 1 is 0.969 bits per heavy atom. The minimum Gasteiger partial charge on any atom is -0.480 e. The van der Waals surface area contributed by atoms with Gasteiger partial charge >= 0.3 is 5.97 Å². The van der Waals surface area contributed by atoms with Crippen LogP contribution in [0.4, 0.5) is 0 Å². The van der Waals surface area contributed by atoms with E-state index in [0.717, 1.165) is 33.3 Å². The van der Waals surface area contributed by atoms with Gasteiger partial charge in [-0.25, -0.2) is 9.78 Å². The summed E-state index contributed by atoms with van der Waals surface area (Å²) in [6, 6.07) is 22.9. The summed E-state index contributed by atoms with van der Waals surface area (Å²) in [7, 11) is 0. The molecule has 0 fully saturated rings. The lowest BCUT2D eigenvalue weighted by molar-refractivity contribution is -0.151. The van der Waals surface area contributed by atoms with E-state index < -0.39 is 12.0 Å². The lowest BCUT2D eigenvalue weighted by atomic mass is 9.98. The number of hydrogen-bond donors (Lipinski definition) is 1. The number of aliphatic carboxylic acids is 1. The van der Waals surface area contributed by atoms with Crippen molar-refractivity contribution in [1.29, 1.82) is 0 Å². The average Bonchev–Trinajstić information content (AvgIpc) is 3.21. The van der Waals surface area contributed by atoms with Crippen LogP contribution in [0.15, 0.2) is 79.1 Å². The number of rotatable bonds is 5. The predicted molar refractivity (Wildman–Crippen MR) is 121 cm³/mol. The number of amides is 1. The van der Waals surface area contributed by atoms with E-state index in [1.54, 1.807) is 6.33 Å². The lowest BCUT2D eigenvalue weighted by Crippen LogP contribution is -2.49. The Labute approximate surface area is 185 Å². The van der Waals surface area contributed by atoms with Crippen LogP contribution >= 0.6 is 0 Å². The van der Waals surface area contributed by atoms with Gasteiger partial charge in [0.2, 0.25) is 5.91 Å². The van der Waals surface area contributed by atoms with E-state index in [-0.39, 0.29) is 25.3 Å². The first-order valence-corrected chi connectivity index (χ1v) is 10.7. The Balaban J connectivity index is 1.41. The second kappa shape index (κ2) is 8.30. The molecule has 0 saturated carbocycles. The molecule has 1 aliphatic rings. The number of imidazole rings is 1. The molecule has 2 heterocycles. The molecule has 6 heteroatoms. The lowest BCUT2D eigenvalue weighted by Gasteiger charge is -2.33. The molecule has 1 amide bonds. The van der Waals surface area contributed by atoms with E-state index in [1.165, 1.54) is 4.90 Å². The molecule has 3 aromatic carbocycles. The smallest absolute Gasteiger partial charge is 0.326 e. The zero-order valence-corrected chi connectivity index (χ0v) is 17.5. The van der Waals surface area contributed by atoms with Crippen LogP contribution in [0.5, 0.6) is 0 Å². The van der Waals surface area contributed by atoms with E-state index in [9.17, 15) is 14.7 Å². The minimum atomic E-state index is -0.991. The fourth-order valence-electron chi connectivity index (χ4n) is 4.49. The van der Waals surface area contributed by atoms with Crippen LogP contribution in [0, 0.1) is 0 Å². The first-order valence-electron chi connectivity index (χ1n) is 10.7. The van der Waals surface area contributed by atoms with Crippen LogP contribution in [0.3, 0.4) is 0 Å². The van der Waals surface area contributed by atoms with Crippen LogP contribution in [-0.4, -0.2) is 37.5 Å². The largest absolute Gasteiger partial charge is 0.480 e. The summed E-state index contributed by atoms with van der Waals surface area (Å²) in [6.45, 7) is 0.831. The normalized spacial score (nSPS) is 15.5. The number of carbonyl (C=O) groups excluding carboxylic acids is 1. The summed E-state index contributed by atoms with van der Waals surface area (Å²) < 4.78 is 1.99. The standard InChI is InChI=1S/C26H23N3O3/c30-25(13-20-11-6-10-19-9-4-5-12-21(19)20)29-16-22-23(14-24(29)26(31)32)28(17-27-22)15-18-7-2-1-3-8-18/h1-12,17,24H,13-16H2,(H,31,32). The van der Waals surface area contributed by atoms with E-state index >= 15 is 0 Å². The van der Waals surface area contributed by atoms with Crippen molar-refractivity contribution in [2.24, 2.45) is 0 Å². The van der Waals surface area contributed by atoms with E-state index in [0.29, 0.717) is 6.54 Å². The number of carboxylic acid groups (broad SMARTS) is 1. The average molecular weight is 425 g/mol. The maximum absolute atomic E-state index is 13.3. The monoisotopic (exact) mass is 425 g/mol. The van der Waals surface area contributed by atoms with Crippen molar-refractivity contribution in [3.8, 4) is 0 Å². The summed E-state index contributed by atoms with van der Waals surface area (Å²) in [5.74, 6) is -1.19. The van der Waals surface area contributed by atoms with Gasteiger partial charge in [-0.15, -0.1) is 0 Å². The van der Waals surface area contributed by atoms with Crippen molar-refractivity contribution < 1.29 is 14.7 Å². The second-order valence-electron chi connectivity index (χ2n) is 8.15. The fourth-order valence-corrected chi connectivity index (χ4v) is 4.49. The zero-order chi connectivity index (χ0) is 22.1. The van der Waals surface area contributed by atoms with Gasteiger partial charge in [-0.2, -0.15) is 0 Å². The van der Waals surface area contributed by atoms with Crippen LogP contribution in [0.25, 0.3) is 10.8 Å². The quantitative estimate of drug-likeness (QED) is 0.529. The summed E-state index contributed by atoms with van der Waals surface area (Å²) >= 11 is 0. The minimum absolute atomic E-state index is 0.158. The van der Waals surface area contributed by atoms with Gasteiger partial charge < -0.3 is 14.6 Å². The molecule has 0 spiro atoms. The van der Waals surface area contributed by atoms with Crippen molar-refractivity contribution in [3.63, 3.8) is 0 Å². The Morgan fingerprint density at radius 2 is 1.72 bits per heavy atom. The molecule has 1 atom stereocenters. The molecule has 6 nitrogen and oxygen atoms in total. The topological polar surface area (TPSA) is 75.4 Å². The maximum atomic E-state index is 13.3. The molecule has 0 radical (unpaired) electrons. The van der Waals surface area contributed by atoms with Crippen LogP contribution < -0.4 is 0 Å². The Morgan fingerprint density at radius 3 is 2.53 bits per heavy atom. The number of carboxylic acids is 1. The fraction of sp³-hybridized carbons (Fsp3) is 0.192. The summed E-state index contributed by atoms with van der Waals surface area (Å²) in [5, 5.41) is 12.0. The van der Waals surface area contributed by atoms with Crippen molar-refractivity contribution >= 4 is 22.6 Å². The van der Waals surface area contributed by atoms with Gasteiger partial charge in [0.05, 0.1) is 25.0 Å². The first kappa shape index (κ1) is 20.0. The zero-order valence-electron chi connectivity index (χ0n) is 17.5. The molecule has 1 aliphatic heterocycles. The highest BCUT2D eigenvalue weighted by Gasteiger charge is 2.36. The SMILES string of the molecule is O=C(O)C1Cc2c(ncn2Cc2ccccc2)CN1C(=O)Cc1cccc2ccccc12. The van der Waals surface area contributed by atoms with Gasteiger partial charge in [0, 0.05) is 18.7 Å². The third-order valence-electron chi connectivity index (χ3n) is 6.14. The number of carbonyl (C=O) groups is 2. The van der Waals surface area contributed by atoms with Crippen LogP contribution in [0.2, 0.25) is 0 Å². The van der Waals surface area contributed by atoms with Gasteiger partial charge in [0.25, 0.3) is 0 Å². The highest BCUT2D eigenvalue weighted by molar-refractivity contribution is 5.91. The van der Waals surface area contributed by atoms with Crippen molar-refractivity contribution in [2.45, 2.75) is 32.0 Å². The Kier molecular flexibility index (Phi) is 5.19. The van der Waals surface area contributed by atoms with Gasteiger partial charge in [0.1, 0.15) is 6.04 Å². The molecule has 0 saturated heterocycles. The summed E-state index contributed by atoms with van der Waals surface area (Å²) in [5.41, 5.74) is 3.67. The van der Waals surface area contributed by atoms with Crippen molar-refractivity contribution in [3.05, 3.63) is 102 Å². The predicted octanol–water partition coefficient (Wildman–Crippen LogP) is 3.67. The van der Waals surface area contributed by atoms with Gasteiger partial charge in [0.15, 0.2) is 0 Å². The molecule has 0 aliphatic carbocycles. The second-order valence-corrected chi connectivity index (χ2v) is 8.15. The molecule has 32 heavy (non-hydrogen) atoms. The first-order chi connectivity index (χ1) is 15.6. The number of benzene rings is 3. The molecule has 1 aromatic heterocycles. The van der Waals surface area contributed by atoms with Crippen molar-refractivity contribution in [1.82, 2.24) is 14.5 Å². The molecule has 0 bridgehead atoms.